The van der Waals surface area contributed by atoms with Crippen LogP contribution in [0.4, 0.5) is 4.79 Å². The van der Waals surface area contributed by atoms with Gasteiger partial charge in [0.1, 0.15) is 6.10 Å². The molecule has 1 aliphatic heterocycles. The summed E-state index contributed by atoms with van der Waals surface area (Å²) < 4.78 is 4.76. The molecule has 0 aliphatic carbocycles. The highest BCUT2D eigenvalue weighted by Crippen LogP contribution is 2.07. The third kappa shape index (κ3) is 1.60. The molecule has 0 spiro atoms. The summed E-state index contributed by atoms with van der Waals surface area (Å²) >= 11 is 0. The molecule has 4 nitrogen and oxygen atoms in total. The Balaban J connectivity index is 2.42. The van der Waals surface area contributed by atoms with Crippen molar-refractivity contribution in [1.29, 1.82) is 0 Å². The van der Waals surface area contributed by atoms with E-state index in [1.807, 2.05) is 0 Å². The summed E-state index contributed by atoms with van der Waals surface area (Å²) in [6.07, 6.45) is 0.172. The first kappa shape index (κ1) is 7.34. The molecule has 10 heavy (non-hydrogen) atoms. The third-order valence-corrected chi connectivity index (χ3v) is 1.47. The standard InChI is InChI=1S/C6H11NO3/c1-4-2-5(3-8)7-6(9)10-4/h4-5,8H,2-3H2,1H3,(H,7,9). The summed E-state index contributed by atoms with van der Waals surface area (Å²) in [6, 6.07) is -0.128. The van der Waals surface area contributed by atoms with Crippen molar-refractivity contribution in [1.82, 2.24) is 5.32 Å². The van der Waals surface area contributed by atoms with Crippen LogP contribution < -0.4 is 5.32 Å². The van der Waals surface area contributed by atoms with Crippen LogP contribution in [0.3, 0.4) is 0 Å². The van der Waals surface area contributed by atoms with E-state index in [1.54, 1.807) is 6.92 Å². The average molecular weight is 145 g/mol. The SMILES string of the molecule is CC1CC(CO)NC(=O)O1. The monoisotopic (exact) mass is 145 g/mol. The van der Waals surface area contributed by atoms with Crippen LogP contribution in [0.25, 0.3) is 0 Å². The minimum atomic E-state index is -0.433. The number of alkyl carbamates (subject to hydrolysis) is 1. The Morgan fingerprint density at radius 3 is 3.10 bits per heavy atom. The maximum atomic E-state index is 10.6. The highest BCUT2D eigenvalue weighted by atomic mass is 16.6. The van der Waals surface area contributed by atoms with Crippen LogP contribution in [0.5, 0.6) is 0 Å². The average Bonchev–Trinajstić information content (AvgIpc) is 1.85. The van der Waals surface area contributed by atoms with E-state index in [1.165, 1.54) is 0 Å². The number of carbonyl (C=O) groups is 1. The molecule has 58 valence electrons. The van der Waals surface area contributed by atoms with Gasteiger partial charge in [-0.2, -0.15) is 0 Å². The molecule has 0 aromatic heterocycles. The van der Waals surface area contributed by atoms with E-state index in [9.17, 15) is 4.79 Å². The molecule has 2 unspecified atom stereocenters. The fourth-order valence-corrected chi connectivity index (χ4v) is 1.01. The maximum Gasteiger partial charge on any atom is 0.407 e. The second-order valence-electron chi connectivity index (χ2n) is 2.48. The van der Waals surface area contributed by atoms with Gasteiger partial charge in [-0.05, 0) is 6.92 Å². The van der Waals surface area contributed by atoms with Gasteiger partial charge in [0.15, 0.2) is 0 Å². The number of cyclic esters (lactones) is 1. The van der Waals surface area contributed by atoms with Crippen LogP contribution in [0.15, 0.2) is 0 Å². The van der Waals surface area contributed by atoms with E-state index in [4.69, 9.17) is 9.84 Å². The third-order valence-electron chi connectivity index (χ3n) is 1.47. The molecule has 2 atom stereocenters. The van der Waals surface area contributed by atoms with Crippen molar-refractivity contribution in [2.75, 3.05) is 6.61 Å². The molecular formula is C6H11NO3. The molecule has 1 amide bonds. The molecule has 1 aliphatic rings. The lowest BCUT2D eigenvalue weighted by Crippen LogP contribution is -2.46. The zero-order valence-corrected chi connectivity index (χ0v) is 5.83. The predicted octanol–water partition coefficient (Wildman–Crippen LogP) is -0.134. The first-order valence-corrected chi connectivity index (χ1v) is 3.30. The molecule has 0 bridgehead atoms. The van der Waals surface area contributed by atoms with Gasteiger partial charge >= 0.3 is 6.09 Å². The van der Waals surface area contributed by atoms with Crippen LogP contribution in [0.1, 0.15) is 13.3 Å². The number of aliphatic hydroxyl groups is 1. The fraction of sp³-hybridized carbons (Fsp3) is 0.833. The number of amides is 1. The van der Waals surface area contributed by atoms with Crippen LogP contribution in [0, 0.1) is 0 Å². The number of hydrogen-bond acceptors (Lipinski definition) is 3. The van der Waals surface area contributed by atoms with E-state index in [0.29, 0.717) is 6.42 Å². The number of ether oxygens (including phenoxy) is 1. The molecule has 0 saturated carbocycles. The second-order valence-corrected chi connectivity index (χ2v) is 2.48. The molecule has 0 aromatic rings. The van der Waals surface area contributed by atoms with Gasteiger partial charge in [-0.1, -0.05) is 0 Å². The van der Waals surface area contributed by atoms with E-state index < -0.39 is 6.09 Å². The van der Waals surface area contributed by atoms with Crippen molar-refractivity contribution in [3.8, 4) is 0 Å². The molecule has 1 heterocycles. The summed E-state index contributed by atoms with van der Waals surface area (Å²) in [6.45, 7) is 1.79. The first-order chi connectivity index (χ1) is 4.72. The minimum Gasteiger partial charge on any atom is -0.446 e. The Labute approximate surface area is 59.2 Å². The number of hydrogen-bond donors (Lipinski definition) is 2. The van der Waals surface area contributed by atoms with Crippen molar-refractivity contribution < 1.29 is 14.6 Å². The number of aliphatic hydroxyl groups excluding tert-OH is 1. The first-order valence-electron chi connectivity index (χ1n) is 3.30. The smallest absolute Gasteiger partial charge is 0.407 e. The van der Waals surface area contributed by atoms with Gasteiger partial charge in [-0.25, -0.2) is 4.79 Å². The second kappa shape index (κ2) is 2.88. The van der Waals surface area contributed by atoms with E-state index >= 15 is 0 Å². The summed E-state index contributed by atoms with van der Waals surface area (Å²) in [5.41, 5.74) is 0. The van der Waals surface area contributed by atoms with Gasteiger partial charge in [0.2, 0.25) is 0 Å². The molecule has 0 radical (unpaired) electrons. The molecule has 2 N–H and O–H groups in total. The summed E-state index contributed by atoms with van der Waals surface area (Å²) in [5, 5.41) is 11.1. The summed E-state index contributed by atoms with van der Waals surface area (Å²) in [4.78, 5) is 10.6. The van der Waals surface area contributed by atoms with Gasteiger partial charge < -0.3 is 15.2 Å². The molecule has 1 fully saturated rings. The van der Waals surface area contributed by atoms with Gasteiger partial charge in [0.05, 0.1) is 12.6 Å². The van der Waals surface area contributed by atoms with Crippen molar-refractivity contribution in [3.05, 3.63) is 0 Å². The van der Waals surface area contributed by atoms with Gasteiger partial charge in [-0.15, -0.1) is 0 Å². The molecule has 4 heteroatoms. The number of rotatable bonds is 1. The van der Waals surface area contributed by atoms with Gasteiger partial charge in [-0.3, -0.25) is 0 Å². The minimum absolute atomic E-state index is 0.0144. The fourth-order valence-electron chi connectivity index (χ4n) is 1.01. The van der Waals surface area contributed by atoms with Crippen molar-refractivity contribution in [3.63, 3.8) is 0 Å². The molecule has 0 aromatic carbocycles. The van der Waals surface area contributed by atoms with Crippen LogP contribution in [-0.2, 0) is 4.74 Å². The topological polar surface area (TPSA) is 58.6 Å². The molecule has 1 rings (SSSR count). The Morgan fingerprint density at radius 1 is 1.90 bits per heavy atom. The zero-order chi connectivity index (χ0) is 7.56. The Bertz CT molecular complexity index is 137. The van der Waals surface area contributed by atoms with Crippen LogP contribution in [0.2, 0.25) is 0 Å². The quantitative estimate of drug-likeness (QED) is 0.540. The largest absolute Gasteiger partial charge is 0.446 e. The maximum absolute atomic E-state index is 10.6. The Kier molecular flexibility index (Phi) is 2.11. The normalized spacial score (nSPS) is 32.8. The predicted molar refractivity (Wildman–Crippen MR) is 34.6 cm³/mol. The van der Waals surface area contributed by atoms with E-state index in [-0.39, 0.29) is 18.8 Å². The van der Waals surface area contributed by atoms with Gasteiger partial charge in [0.25, 0.3) is 0 Å². The number of carbonyl (C=O) groups excluding carboxylic acids is 1. The van der Waals surface area contributed by atoms with Gasteiger partial charge in [0, 0.05) is 6.42 Å². The van der Waals surface area contributed by atoms with Crippen molar-refractivity contribution in [2.24, 2.45) is 0 Å². The number of nitrogens with one attached hydrogen (secondary N) is 1. The summed E-state index contributed by atoms with van der Waals surface area (Å²) in [5.74, 6) is 0. The highest BCUT2D eigenvalue weighted by Gasteiger charge is 2.23. The lowest BCUT2D eigenvalue weighted by Gasteiger charge is -2.26. The van der Waals surface area contributed by atoms with Crippen LogP contribution >= 0.6 is 0 Å². The molecule has 1 saturated heterocycles. The van der Waals surface area contributed by atoms with E-state index in [2.05, 4.69) is 5.32 Å². The van der Waals surface area contributed by atoms with Crippen LogP contribution in [-0.4, -0.2) is 30.0 Å². The van der Waals surface area contributed by atoms with E-state index in [0.717, 1.165) is 0 Å². The zero-order valence-electron chi connectivity index (χ0n) is 5.83. The lowest BCUT2D eigenvalue weighted by atomic mass is 10.1. The van der Waals surface area contributed by atoms with Crippen molar-refractivity contribution in [2.45, 2.75) is 25.5 Å². The summed E-state index contributed by atoms with van der Waals surface area (Å²) in [7, 11) is 0. The lowest BCUT2D eigenvalue weighted by molar-refractivity contribution is 0.0565. The Morgan fingerprint density at radius 2 is 2.60 bits per heavy atom. The molecular weight excluding hydrogens is 134 g/mol. The van der Waals surface area contributed by atoms with Crippen molar-refractivity contribution >= 4 is 6.09 Å². The Hall–Kier alpha value is -0.770. The highest BCUT2D eigenvalue weighted by molar-refractivity contribution is 5.68.